The fourth-order valence-electron chi connectivity index (χ4n) is 4.10. The van der Waals surface area contributed by atoms with Crippen molar-refractivity contribution in [2.45, 2.75) is 51.7 Å². The molecule has 2 fully saturated rings. The Hall–Kier alpha value is -2.62. The number of morpholine rings is 1. The minimum absolute atomic E-state index is 0.128. The van der Waals surface area contributed by atoms with E-state index in [-0.39, 0.29) is 31.1 Å². The molecule has 0 bridgehead atoms. The number of rotatable bonds is 4. The van der Waals surface area contributed by atoms with Crippen LogP contribution in [-0.2, 0) is 4.74 Å². The Balaban J connectivity index is 1.73. The zero-order valence-corrected chi connectivity index (χ0v) is 18.1. The number of aromatic nitrogens is 4. The summed E-state index contributed by atoms with van der Waals surface area (Å²) in [5.41, 5.74) is 6.96. The highest BCUT2D eigenvalue weighted by Gasteiger charge is 2.45. The molecule has 31 heavy (non-hydrogen) atoms. The van der Waals surface area contributed by atoms with Gasteiger partial charge in [-0.15, -0.1) is 0 Å². The number of piperidine rings is 1. The van der Waals surface area contributed by atoms with Gasteiger partial charge in [0.25, 0.3) is 5.92 Å². The molecule has 0 amide bonds. The second kappa shape index (κ2) is 8.49. The first-order valence-electron chi connectivity index (χ1n) is 10.7. The maximum absolute atomic E-state index is 14.3. The lowest BCUT2D eigenvalue weighted by atomic mass is 9.91. The number of ether oxygens (including phenoxy) is 1. The van der Waals surface area contributed by atoms with Gasteiger partial charge in [0.1, 0.15) is 5.82 Å². The SMILES string of the molecule is CC[C@H]1CN(c2cc(-c3cnc(N)nc3)nc(N3C[C@@H](C)C(F)(F)C[C@H]3C)n2)CCO1. The molecule has 0 unspecified atom stereocenters. The molecule has 0 radical (unpaired) electrons. The van der Waals surface area contributed by atoms with Gasteiger partial charge in [-0.05, 0) is 13.3 Å². The summed E-state index contributed by atoms with van der Waals surface area (Å²) in [4.78, 5) is 21.7. The number of anilines is 3. The zero-order chi connectivity index (χ0) is 22.2. The molecule has 4 rings (SSSR count). The molecule has 2 saturated heterocycles. The molecule has 2 aliphatic heterocycles. The van der Waals surface area contributed by atoms with Gasteiger partial charge in [-0.1, -0.05) is 13.8 Å². The van der Waals surface area contributed by atoms with Gasteiger partial charge in [-0.3, -0.25) is 0 Å². The molecular weight excluding hydrogens is 404 g/mol. The lowest BCUT2D eigenvalue weighted by Gasteiger charge is -2.42. The van der Waals surface area contributed by atoms with Gasteiger partial charge in [-0.25, -0.2) is 23.7 Å². The summed E-state index contributed by atoms with van der Waals surface area (Å²) >= 11 is 0. The summed E-state index contributed by atoms with van der Waals surface area (Å²) in [7, 11) is 0. The molecule has 0 aromatic carbocycles. The summed E-state index contributed by atoms with van der Waals surface area (Å²) in [6.45, 7) is 7.68. The topological polar surface area (TPSA) is 93.3 Å². The normalized spacial score (nSPS) is 26.2. The van der Waals surface area contributed by atoms with Crippen LogP contribution >= 0.6 is 0 Å². The molecule has 0 aliphatic carbocycles. The van der Waals surface area contributed by atoms with E-state index >= 15 is 0 Å². The van der Waals surface area contributed by atoms with Crippen molar-refractivity contribution in [2.24, 2.45) is 5.92 Å². The third-order valence-corrected chi connectivity index (χ3v) is 6.13. The molecule has 2 aromatic heterocycles. The van der Waals surface area contributed by atoms with Gasteiger partial charge in [-0.2, -0.15) is 4.98 Å². The van der Waals surface area contributed by atoms with Crippen LogP contribution in [-0.4, -0.2) is 64.2 Å². The fourth-order valence-corrected chi connectivity index (χ4v) is 4.10. The average molecular weight is 434 g/mol. The minimum Gasteiger partial charge on any atom is -0.375 e. The van der Waals surface area contributed by atoms with E-state index in [2.05, 4.69) is 21.8 Å². The Morgan fingerprint density at radius 1 is 1.19 bits per heavy atom. The Morgan fingerprint density at radius 3 is 2.65 bits per heavy atom. The molecule has 8 nitrogen and oxygen atoms in total. The van der Waals surface area contributed by atoms with Crippen molar-refractivity contribution in [1.82, 2.24) is 19.9 Å². The first-order valence-corrected chi connectivity index (χ1v) is 10.7. The van der Waals surface area contributed by atoms with Crippen LogP contribution in [0.25, 0.3) is 11.3 Å². The lowest BCUT2D eigenvalue weighted by molar-refractivity contribution is -0.0744. The van der Waals surface area contributed by atoms with Gasteiger partial charge >= 0.3 is 0 Å². The second-order valence-electron chi connectivity index (χ2n) is 8.46. The Kier molecular flexibility index (Phi) is 5.92. The third-order valence-electron chi connectivity index (χ3n) is 6.13. The largest absolute Gasteiger partial charge is 0.375 e. The van der Waals surface area contributed by atoms with E-state index in [9.17, 15) is 8.78 Å². The standard InChI is InChI=1S/C21H29F2N7O/c1-4-16-12-29(5-6-31-16)18-7-17(15-9-25-19(24)26-10-15)27-20(28-18)30-11-13(2)21(22,23)8-14(30)3/h7,9-10,13-14,16H,4-6,8,11-12H2,1-3H3,(H2,24,25,26)/t13-,14-,16+/m1/s1. The van der Waals surface area contributed by atoms with Crippen molar-refractivity contribution in [2.75, 3.05) is 41.8 Å². The number of nitrogens with zero attached hydrogens (tertiary/aromatic N) is 6. The summed E-state index contributed by atoms with van der Waals surface area (Å²) in [6.07, 6.45) is 4.04. The zero-order valence-electron chi connectivity index (χ0n) is 18.1. The maximum atomic E-state index is 14.3. The number of nitrogens with two attached hydrogens (primary N) is 1. The number of hydrogen-bond acceptors (Lipinski definition) is 8. The van der Waals surface area contributed by atoms with E-state index in [0.29, 0.717) is 36.9 Å². The van der Waals surface area contributed by atoms with Gasteiger partial charge < -0.3 is 20.3 Å². The van der Waals surface area contributed by atoms with E-state index in [4.69, 9.17) is 20.4 Å². The highest BCUT2D eigenvalue weighted by atomic mass is 19.3. The molecule has 2 aromatic rings. The summed E-state index contributed by atoms with van der Waals surface area (Å²) in [6, 6.07) is 1.51. The fraction of sp³-hybridized carbons (Fsp3) is 0.619. The molecule has 4 heterocycles. The van der Waals surface area contributed by atoms with Crippen molar-refractivity contribution in [3.63, 3.8) is 0 Å². The van der Waals surface area contributed by atoms with Crippen LogP contribution in [0.15, 0.2) is 18.5 Å². The van der Waals surface area contributed by atoms with Crippen LogP contribution in [0.2, 0.25) is 0 Å². The Labute approximate surface area is 180 Å². The molecule has 0 spiro atoms. The molecule has 0 saturated carbocycles. The number of nitrogen functional groups attached to an aromatic ring is 1. The predicted molar refractivity (Wildman–Crippen MR) is 115 cm³/mol. The predicted octanol–water partition coefficient (Wildman–Crippen LogP) is 3.00. The van der Waals surface area contributed by atoms with E-state index in [0.717, 1.165) is 12.2 Å². The highest BCUT2D eigenvalue weighted by molar-refractivity contribution is 5.64. The number of alkyl halides is 2. The Bertz CT molecular complexity index is 911. The highest BCUT2D eigenvalue weighted by Crippen LogP contribution is 2.38. The molecule has 10 heteroatoms. The third kappa shape index (κ3) is 4.53. The van der Waals surface area contributed by atoms with Gasteiger partial charge in [0.2, 0.25) is 11.9 Å². The number of halogens is 2. The Morgan fingerprint density at radius 2 is 1.94 bits per heavy atom. The van der Waals surface area contributed by atoms with Gasteiger partial charge in [0, 0.05) is 62.0 Å². The van der Waals surface area contributed by atoms with E-state index in [1.807, 2.05) is 11.0 Å². The van der Waals surface area contributed by atoms with E-state index in [1.165, 1.54) is 0 Å². The summed E-state index contributed by atoms with van der Waals surface area (Å²) < 4.78 is 34.3. The van der Waals surface area contributed by atoms with Crippen LogP contribution in [0, 0.1) is 5.92 Å². The van der Waals surface area contributed by atoms with Crippen LogP contribution in [0.3, 0.4) is 0 Å². The van der Waals surface area contributed by atoms with Crippen molar-refractivity contribution >= 4 is 17.7 Å². The van der Waals surface area contributed by atoms with Crippen molar-refractivity contribution in [3.05, 3.63) is 18.5 Å². The molecule has 3 atom stereocenters. The minimum atomic E-state index is -2.69. The molecular formula is C21H29F2N7O. The van der Waals surface area contributed by atoms with Crippen LogP contribution in [0.1, 0.15) is 33.6 Å². The summed E-state index contributed by atoms with van der Waals surface area (Å²) in [5.74, 6) is -2.11. The van der Waals surface area contributed by atoms with E-state index < -0.39 is 11.8 Å². The van der Waals surface area contributed by atoms with Crippen molar-refractivity contribution in [3.8, 4) is 11.3 Å². The van der Waals surface area contributed by atoms with Crippen LogP contribution < -0.4 is 15.5 Å². The molecule has 2 N–H and O–H groups in total. The maximum Gasteiger partial charge on any atom is 0.254 e. The first kappa shape index (κ1) is 21.6. The number of hydrogen-bond donors (Lipinski definition) is 1. The average Bonchev–Trinajstić information content (AvgIpc) is 2.76. The second-order valence-corrected chi connectivity index (χ2v) is 8.46. The molecule has 168 valence electrons. The summed E-state index contributed by atoms with van der Waals surface area (Å²) in [5, 5.41) is 0. The van der Waals surface area contributed by atoms with Crippen molar-refractivity contribution < 1.29 is 13.5 Å². The monoisotopic (exact) mass is 433 g/mol. The van der Waals surface area contributed by atoms with Crippen LogP contribution in [0.5, 0.6) is 0 Å². The molecule has 2 aliphatic rings. The first-order chi connectivity index (χ1) is 14.8. The smallest absolute Gasteiger partial charge is 0.254 e. The van der Waals surface area contributed by atoms with Crippen molar-refractivity contribution in [1.29, 1.82) is 0 Å². The lowest BCUT2D eigenvalue weighted by Crippen LogP contribution is -2.51. The van der Waals surface area contributed by atoms with E-state index in [1.54, 1.807) is 26.2 Å². The van der Waals surface area contributed by atoms with Gasteiger partial charge in [0.05, 0.1) is 18.4 Å². The van der Waals surface area contributed by atoms with Crippen LogP contribution in [0.4, 0.5) is 26.5 Å². The van der Waals surface area contributed by atoms with Gasteiger partial charge in [0.15, 0.2) is 0 Å². The quantitative estimate of drug-likeness (QED) is 0.787.